The van der Waals surface area contributed by atoms with Gasteiger partial charge in [0.15, 0.2) is 11.5 Å². The van der Waals surface area contributed by atoms with Crippen LogP contribution in [0.5, 0.6) is 17.2 Å². The molecule has 0 saturated heterocycles. The van der Waals surface area contributed by atoms with Crippen LogP contribution in [0.4, 0.5) is 0 Å². The Labute approximate surface area is 87.6 Å². The summed E-state index contributed by atoms with van der Waals surface area (Å²) >= 11 is 0. The Bertz CT molecular complexity index is 413. The van der Waals surface area contributed by atoms with Crippen molar-refractivity contribution in [3.63, 3.8) is 0 Å². The first-order valence-corrected chi connectivity index (χ1v) is 5.11. The Balaban J connectivity index is 2.08. The van der Waals surface area contributed by atoms with Crippen LogP contribution in [0.15, 0.2) is 12.1 Å². The average Bonchev–Trinajstić information content (AvgIpc) is 2.96. The monoisotopic (exact) mass is 207 g/mol. The number of ether oxygens (including phenoxy) is 2. The summed E-state index contributed by atoms with van der Waals surface area (Å²) in [5.74, 6) is 1.50. The molecule has 3 N–H and O–H groups in total. The molecule has 0 radical (unpaired) electrons. The summed E-state index contributed by atoms with van der Waals surface area (Å²) in [6.45, 7) is 1.08. The molecule has 0 unspecified atom stereocenters. The quantitative estimate of drug-likeness (QED) is 0.724. The van der Waals surface area contributed by atoms with Crippen molar-refractivity contribution in [3.8, 4) is 17.2 Å². The van der Waals surface area contributed by atoms with Gasteiger partial charge in [-0.2, -0.15) is 0 Å². The van der Waals surface area contributed by atoms with Gasteiger partial charge in [-0.3, -0.25) is 0 Å². The summed E-state index contributed by atoms with van der Waals surface area (Å²) in [5.41, 5.74) is 6.47. The van der Waals surface area contributed by atoms with E-state index in [0.29, 0.717) is 24.7 Å². The third-order valence-corrected chi connectivity index (χ3v) is 2.99. The van der Waals surface area contributed by atoms with Crippen LogP contribution in [0.25, 0.3) is 0 Å². The molecule has 1 aromatic carbocycles. The van der Waals surface area contributed by atoms with Gasteiger partial charge in [-0.15, -0.1) is 0 Å². The number of hydrogen-bond acceptors (Lipinski definition) is 4. The van der Waals surface area contributed by atoms with E-state index in [2.05, 4.69) is 0 Å². The topological polar surface area (TPSA) is 64.7 Å². The van der Waals surface area contributed by atoms with Gasteiger partial charge in [-0.1, -0.05) is 0 Å². The molecule has 80 valence electrons. The highest BCUT2D eigenvalue weighted by atomic mass is 16.6. The predicted octanol–water partition coefficient (Wildman–Crippen LogP) is 1.11. The standard InChI is InChI=1S/C11H13NO3/c12-11(1-2-11)7-5-9-10(6-8(7)13)15-4-3-14-9/h5-6,13H,1-4,12H2. The number of phenolic OH excluding ortho intramolecular Hbond substituents is 1. The van der Waals surface area contributed by atoms with Crippen LogP contribution >= 0.6 is 0 Å². The van der Waals surface area contributed by atoms with E-state index in [9.17, 15) is 5.11 Å². The number of fused-ring (bicyclic) bond motifs is 1. The first-order chi connectivity index (χ1) is 7.19. The van der Waals surface area contributed by atoms with Crippen molar-refractivity contribution in [2.24, 2.45) is 5.73 Å². The van der Waals surface area contributed by atoms with Gasteiger partial charge in [0.05, 0.1) is 0 Å². The Hall–Kier alpha value is -1.42. The number of aromatic hydroxyl groups is 1. The van der Waals surface area contributed by atoms with Crippen LogP contribution in [0.3, 0.4) is 0 Å². The van der Waals surface area contributed by atoms with Gasteiger partial charge < -0.3 is 20.3 Å². The molecule has 0 spiro atoms. The molecule has 1 fully saturated rings. The molecular weight excluding hydrogens is 194 g/mol. The largest absolute Gasteiger partial charge is 0.507 e. The maximum absolute atomic E-state index is 9.83. The predicted molar refractivity (Wildman–Crippen MR) is 54.2 cm³/mol. The zero-order valence-electron chi connectivity index (χ0n) is 8.32. The second-order valence-electron chi connectivity index (χ2n) is 4.17. The molecular formula is C11H13NO3. The summed E-state index contributed by atoms with van der Waals surface area (Å²) < 4.78 is 10.8. The highest BCUT2D eigenvalue weighted by Crippen LogP contribution is 2.49. The van der Waals surface area contributed by atoms with Gasteiger partial charge in [0.25, 0.3) is 0 Å². The molecule has 2 aliphatic rings. The van der Waals surface area contributed by atoms with Gasteiger partial charge in [0, 0.05) is 17.2 Å². The van der Waals surface area contributed by atoms with Crippen LogP contribution in [0.2, 0.25) is 0 Å². The normalized spacial score (nSPS) is 21.1. The van der Waals surface area contributed by atoms with E-state index in [1.165, 1.54) is 0 Å². The number of nitrogens with two attached hydrogens (primary N) is 1. The molecule has 4 nitrogen and oxygen atoms in total. The second-order valence-corrected chi connectivity index (χ2v) is 4.17. The van der Waals surface area contributed by atoms with E-state index < -0.39 is 0 Å². The fraction of sp³-hybridized carbons (Fsp3) is 0.455. The molecule has 1 heterocycles. The summed E-state index contributed by atoms with van der Waals surface area (Å²) in [6, 6.07) is 3.40. The Kier molecular flexibility index (Phi) is 1.65. The van der Waals surface area contributed by atoms with E-state index in [-0.39, 0.29) is 11.3 Å². The van der Waals surface area contributed by atoms with E-state index in [1.54, 1.807) is 12.1 Å². The Morgan fingerprint density at radius 1 is 1.13 bits per heavy atom. The van der Waals surface area contributed by atoms with E-state index in [1.807, 2.05) is 0 Å². The molecule has 0 bridgehead atoms. The lowest BCUT2D eigenvalue weighted by atomic mass is 10.0. The highest BCUT2D eigenvalue weighted by Gasteiger charge is 2.42. The minimum absolute atomic E-state index is 0.208. The van der Waals surface area contributed by atoms with Crippen molar-refractivity contribution in [2.75, 3.05) is 13.2 Å². The van der Waals surface area contributed by atoms with Crippen LogP contribution in [0, 0.1) is 0 Å². The zero-order valence-corrected chi connectivity index (χ0v) is 8.32. The SMILES string of the molecule is NC1(c2cc3c(cc2O)OCCO3)CC1. The molecule has 3 rings (SSSR count). The summed E-state index contributed by atoms with van der Waals surface area (Å²) in [4.78, 5) is 0. The molecule has 4 heteroatoms. The maximum Gasteiger partial charge on any atom is 0.165 e. The van der Waals surface area contributed by atoms with Crippen LogP contribution in [-0.4, -0.2) is 18.3 Å². The van der Waals surface area contributed by atoms with Crippen molar-refractivity contribution in [3.05, 3.63) is 17.7 Å². The first-order valence-electron chi connectivity index (χ1n) is 5.11. The lowest BCUT2D eigenvalue weighted by Crippen LogP contribution is -2.20. The molecule has 0 amide bonds. The van der Waals surface area contributed by atoms with Crippen LogP contribution in [-0.2, 0) is 5.54 Å². The van der Waals surface area contributed by atoms with Crippen molar-refractivity contribution >= 4 is 0 Å². The molecule has 15 heavy (non-hydrogen) atoms. The van der Waals surface area contributed by atoms with Crippen molar-refractivity contribution < 1.29 is 14.6 Å². The molecule has 0 atom stereocenters. The van der Waals surface area contributed by atoms with Crippen molar-refractivity contribution in [1.82, 2.24) is 0 Å². The molecule has 1 saturated carbocycles. The third kappa shape index (κ3) is 1.33. The number of phenols is 1. The lowest BCUT2D eigenvalue weighted by Gasteiger charge is -2.21. The van der Waals surface area contributed by atoms with Crippen molar-refractivity contribution in [1.29, 1.82) is 0 Å². The van der Waals surface area contributed by atoms with Gasteiger partial charge in [0.1, 0.15) is 19.0 Å². The molecule has 0 aromatic heterocycles. The minimum Gasteiger partial charge on any atom is -0.507 e. The van der Waals surface area contributed by atoms with Gasteiger partial charge in [0.2, 0.25) is 0 Å². The molecule has 1 aromatic rings. The fourth-order valence-corrected chi connectivity index (χ4v) is 1.88. The lowest BCUT2D eigenvalue weighted by molar-refractivity contribution is 0.170. The Morgan fingerprint density at radius 2 is 1.73 bits per heavy atom. The summed E-state index contributed by atoms with van der Waals surface area (Å²) in [5, 5.41) is 9.83. The van der Waals surface area contributed by atoms with Crippen LogP contribution < -0.4 is 15.2 Å². The maximum atomic E-state index is 9.83. The van der Waals surface area contributed by atoms with Gasteiger partial charge in [-0.25, -0.2) is 0 Å². The summed E-state index contributed by atoms with van der Waals surface area (Å²) in [7, 11) is 0. The second kappa shape index (κ2) is 2.79. The third-order valence-electron chi connectivity index (χ3n) is 2.99. The van der Waals surface area contributed by atoms with Crippen molar-refractivity contribution in [2.45, 2.75) is 18.4 Å². The fourth-order valence-electron chi connectivity index (χ4n) is 1.88. The minimum atomic E-state index is -0.347. The van der Waals surface area contributed by atoms with E-state index >= 15 is 0 Å². The zero-order chi connectivity index (χ0) is 10.5. The highest BCUT2D eigenvalue weighted by molar-refractivity contribution is 5.54. The van der Waals surface area contributed by atoms with E-state index in [4.69, 9.17) is 15.2 Å². The number of rotatable bonds is 1. The van der Waals surface area contributed by atoms with Gasteiger partial charge >= 0.3 is 0 Å². The molecule has 1 aliphatic carbocycles. The smallest absolute Gasteiger partial charge is 0.165 e. The number of hydrogen-bond donors (Lipinski definition) is 2. The summed E-state index contributed by atoms with van der Waals surface area (Å²) in [6.07, 6.45) is 1.83. The Morgan fingerprint density at radius 3 is 2.33 bits per heavy atom. The van der Waals surface area contributed by atoms with Crippen LogP contribution in [0.1, 0.15) is 18.4 Å². The average molecular weight is 207 g/mol. The van der Waals surface area contributed by atoms with Gasteiger partial charge in [-0.05, 0) is 18.9 Å². The number of benzene rings is 1. The van der Waals surface area contributed by atoms with E-state index in [0.717, 1.165) is 18.4 Å². The molecule has 1 aliphatic heterocycles. The first kappa shape index (κ1) is 8.85.